The van der Waals surface area contributed by atoms with Crippen molar-refractivity contribution in [1.82, 2.24) is 0 Å². The van der Waals surface area contributed by atoms with E-state index in [1.807, 2.05) is 19.1 Å². The number of anilines is 1. The van der Waals surface area contributed by atoms with Crippen LogP contribution in [0, 0.1) is 0 Å². The first-order chi connectivity index (χ1) is 7.81. The van der Waals surface area contributed by atoms with E-state index in [1.165, 1.54) is 11.3 Å². The minimum atomic E-state index is 1.06. The fourth-order valence-electron chi connectivity index (χ4n) is 1.66. The summed E-state index contributed by atoms with van der Waals surface area (Å²) in [5.74, 6) is 0. The van der Waals surface area contributed by atoms with Gasteiger partial charge in [-0.3, -0.25) is 0 Å². The molecule has 0 bridgehead atoms. The van der Waals surface area contributed by atoms with E-state index in [4.69, 9.17) is 0 Å². The summed E-state index contributed by atoms with van der Waals surface area (Å²) >= 11 is 0. The van der Waals surface area contributed by atoms with Crippen molar-refractivity contribution in [3.63, 3.8) is 0 Å². The predicted molar refractivity (Wildman–Crippen MR) is 73.9 cm³/mol. The molecule has 0 saturated carbocycles. The first-order valence-electron chi connectivity index (χ1n) is 5.96. The molecular weight excluding hydrogens is 194 g/mol. The van der Waals surface area contributed by atoms with Gasteiger partial charge in [-0.2, -0.15) is 0 Å². The smallest absolute Gasteiger partial charge is 0.0366 e. The van der Waals surface area contributed by atoms with E-state index in [1.54, 1.807) is 0 Å². The SMILES string of the molecule is CC=CC=Cc1ccc(N(CC)CC)cc1. The summed E-state index contributed by atoms with van der Waals surface area (Å²) < 4.78 is 0. The fraction of sp³-hybridized carbons (Fsp3) is 0.333. The summed E-state index contributed by atoms with van der Waals surface area (Å²) in [5.41, 5.74) is 2.54. The highest BCUT2D eigenvalue weighted by Gasteiger charge is 1.99. The molecule has 1 aromatic carbocycles. The molecule has 0 spiro atoms. The highest BCUT2D eigenvalue weighted by molar-refractivity contribution is 5.56. The number of allylic oxidation sites excluding steroid dienone is 3. The third-order valence-corrected chi connectivity index (χ3v) is 2.61. The lowest BCUT2D eigenvalue weighted by Gasteiger charge is -2.20. The average Bonchev–Trinajstić information content (AvgIpc) is 2.33. The lowest BCUT2D eigenvalue weighted by Crippen LogP contribution is -2.21. The van der Waals surface area contributed by atoms with Crippen LogP contribution in [-0.2, 0) is 0 Å². The van der Waals surface area contributed by atoms with Gasteiger partial charge in [-0.1, -0.05) is 36.4 Å². The Labute approximate surface area is 99.1 Å². The van der Waals surface area contributed by atoms with E-state index in [0.717, 1.165) is 13.1 Å². The summed E-state index contributed by atoms with van der Waals surface area (Å²) in [6, 6.07) is 8.69. The van der Waals surface area contributed by atoms with Crippen LogP contribution >= 0.6 is 0 Å². The van der Waals surface area contributed by atoms with Gasteiger partial charge in [-0.05, 0) is 38.5 Å². The van der Waals surface area contributed by atoms with E-state index in [-0.39, 0.29) is 0 Å². The van der Waals surface area contributed by atoms with Gasteiger partial charge in [0, 0.05) is 18.8 Å². The molecule has 86 valence electrons. The normalized spacial score (nSPS) is 11.4. The predicted octanol–water partition coefficient (Wildman–Crippen LogP) is 4.12. The second-order valence-corrected chi connectivity index (χ2v) is 3.65. The van der Waals surface area contributed by atoms with Crippen molar-refractivity contribution >= 4 is 11.8 Å². The third kappa shape index (κ3) is 3.58. The van der Waals surface area contributed by atoms with E-state index >= 15 is 0 Å². The van der Waals surface area contributed by atoms with E-state index in [9.17, 15) is 0 Å². The number of benzene rings is 1. The monoisotopic (exact) mass is 215 g/mol. The van der Waals surface area contributed by atoms with Gasteiger partial charge in [0.15, 0.2) is 0 Å². The number of hydrogen-bond donors (Lipinski definition) is 0. The van der Waals surface area contributed by atoms with Crippen LogP contribution < -0.4 is 4.90 Å². The van der Waals surface area contributed by atoms with Crippen LogP contribution in [0.3, 0.4) is 0 Å². The molecular formula is C15H21N. The van der Waals surface area contributed by atoms with Crippen LogP contribution in [0.5, 0.6) is 0 Å². The van der Waals surface area contributed by atoms with Crippen molar-refractivity contribution in [3.05, 3.63) is 48.1 Å². The molecule has 0 unspecified atom stereocenters. The Kier molecular flexibility index (Phi) is 5.41. The van der Waals surface area contributed by atoms with Crippen LogP contribution in [0.25, 0.3) is 6.08 Å². The van der Waals surface area contributed by atoms with Crippen molar-refractivity contribution in [3.8, 4) is 0 Å². The largest absolute Gasteiger partial charge is 0.372 e. The van der Waals surface area contributed by atoms with Gasteiger partial charge in [0.25, 0.3) is 0 Å². The Morgan fingerprint density at radius 2 is 1.62 bits per heavy atom. The zero-order chi connectivity index (χ0) is 11.8. The summed E-state index contributed by atoms with van der Waals surface area (Å²) in [4.78, 5) is 2.35. The Hall–Kier alpha value is -1.50. The Morgan fingerprint density at radius 1 is 1.00 bits per heavy atom. The minimum Gasteiger partial charge on any atom is -0.372 e. The molecule has 1 heteroatoms. The average molecular weight is 215 g/mol. The maximum atomic E-state index is 2.35. The molecule has 1 nitrogen and oxygen atoms in total. The van der Waals surface area contributed by atoms with Crippen LogP contribution in [-0.4, -0.2) is 13.1 Å². The fourth-order valence-corrected chi connectivity index (χ4v) is 1.66. The highest BCUT2D eigenvalue weighted by Crippen LogP contribution is 2.15. The Balaban J connectivity index is 2.74. The Morgan fingerprint density at radius 3 is 2.12 bits per heavy atom. The van der Waals surface area contributed by atoms with Crippen molar-refractivity contribution in [1.29, 1.82) is 0 Å². The maximum absolute atomic E-state index is 2.35. The van der Waals surface area contributed by atoms with Crippen molar-refractivity contribution in [2.24, 2.45) is 0 Å². The summed E-state index contributed by atoms with van der Waals surface area (Å²) in [7, 11) is 0. The van der Waals surface area contributed by atoms with Crippen LogP contribution in [0.2, 0.25) is 0 Å². The van der Waals surface area contributed by atoms with Gasteiger partial charge >= 0.3 is 0 Å². The van der Waals surface area contributed by atoms with E-state index in [0.29, 0.717) is 0 Å². The first kappa shape index (κ1) is 12.6. The van der Waals surface area contributed by atoms with E-state index < -0.39 is 0 Å². The molecule has 1 aromatic rings. The standard InChI is InChI=1S/C15H21N/c1-4-7-8-9-14-10-12-15(13-11-14)16(5-2)6-3/h4,7-13H,5-6H2,1-3H3. The molecule has 0 saturated heterocycles. The molecule has 0 aliphatic heterocycles. The van der Waals surface area contributed by atoms with Gasteiger partial charge in [0.05, 0.1) is 0 Å². The molecule has 0 aromatic heterocycles. The van der Waals surface area contributed by atoms with Crippen molar-refractivity contribution in [2.75, 3.05) is 18.0 Å². The highest BCUT2D eigenvalue weighted by atomic mass is 15.1. The second kappa shape index (κ2) is 6.89. The molecule has 0 amide bonds. The first-order valence-corrected chi connectivity index (χ1v) is 5.96. The van der Waals surface area contributed by atoms with Crippen LogP contribution in [0.4, 0.5) is 5.69 Å². The molecule has 0 aliphatic rings. The van der Waals surface area contributed by atoms with Crippen molar-refractivity contribution in [2.45, 2.75) is 20.8 Å². The summed E-state index contributed by atoms with van der Waals surface area (Å²) in [5, 5.41) is 0. The molecule has 0 N–H and O–H groups in total. The second-order valence-electron chi connectivity index (χ2n) is 3.65. The zero-order valence-electron chi connectivity index (χ0n) is 10.5. The lowest BCUT2D eigenvalue weighted by atomic mass is 10.2. The minimum absolute atomic E-state index is 1.06. The molecule has 0 aliphatic carbocycles. The van der Waals surface area contributed by atoms with Gasteiger partial charge in [0.2, 0.25) is 0 Å². The Bertz CT molecular complexity index is 342. The molecule has 0 radical (unpaired) electrons. The van der Waals surface area contributed by atoms with Gasteiger partial charge in [-0.25, -0.2) is 0 Å². The zero-order valence-corrected chi connectivity index (χ0v) is 10.5. The maximum Gasteiger partial charge on any atom is 0.0366 e. The van der Waals surface area contributed by atoms with E-state index in [2.05, 4.69) is 55.2 Å². The van der Waals surface area contributed by atoms with Gasteiger partial charge in [-0.15, -0.1) is 0 Å². The van der Waals surface area contributed by atoms with Gasteiger partial charge in [0.1, 0.15) is 0 Å². The number of rotatable bonds is 5. The van der Waals surface area contributed by atoms with Crippen LogP contribution in [0.1, 0.15) is 26.3 Å². The third-order valence-electron chi connectivity index (χ3n) is 2.61. The quantitative estimate of drug-likeness (QED) is 0.668. The summed E-state index contributed by atoms with van der Waals surface area (Å²) in [6.07, 6.45) is 8.25. The van der Waals surface area contributed by atoms with Gasteiger partial charge < -0.3 is 4.90 Å². The molecule has 0 fully saturated rings. The molecule has 1 rings (SSSR count). The number of hydrogen-bond acceptors (Lipinski definition) is 1. The molecule has 16 heavy (non-hydrogen) atoms. The molecule has 0 atom stereocenters. The summed E-state index contributed by atoms with van der Waals surface area (Å²) in [6.45, 7) is 8.51. The number of nitrogens with zero attached hydrogens (tertiary/aromatic N) is 1. The topological polar surface area (TPSA) is 3.24 Å². The molecule has 0 heterocycles. The van der Waals surface area contributed by atoms with Crippen molar-refractivity contribution < 1.29 is 0 Å². The lowest BCUT2D eigenvalue weighted by molar-refractivity contribution is 0.866. The van der Waals surface area contributed by atoms with Crippen LogP contribution in [0.15, 0.2) is 42.5 Å².